The van der Waals surface area contributed by atoms with Crippen LogP contribution in [-0.2, 0) is 0 Å². The monoisotopic (exact) mass is 231 g/mol. The van der Waals surface area contributed by atoms with Crippen molar-refractivity contribution in [3.8, 4) is 10.6 Å². The number of H-pyrrole nitrogens is 1. The van der Waals surface area contributed by atoms with Gasteiger partial charge in [-0.05, 0) is 42.1 Å². The zero-order valence-corrected chi connectivity index (χ0v) is 9.57. The molecule has 0 bridgehead atoms. The van der Waals surface area contributed by atoms with Crippen LogP contribution in [0.3, 0.4) is 0 Å². The van der Waals surface area contributed by atoms with Gasteiger partial charge < -0.3 is 4.98 Å². The van der Waals surface area contributed by atoms with E-state index in [0.717, 1.165) is 21.5 Å². The Hall–Kier alpha value is -1.61. The molecule has 1 aromatic carbocycles. The minimum atomic E-state index is -0.183. The predicted octanol–water partition coefficient (Wildman–Crippen LogP) is 4.34. The van der Waals surface area contributed by atoms with E-state index < -0.39 is 0 Å². The SMILES string of the molecule is Cc1cc(F)c2[nH]c(-c3cccs3)cc2c1. The quantitative estimate of drug-likeness (QED) is 0.641. The first-order valence-electron chi connectivity index (χ1n) is 5.07. The molecule has 3 rings (SSSR count). The first-order chi connectivity index (χ1) is 7.74. The van der Waals surface area contributed by atoms with Crippen molar-refractivity contribution < 1.29 is 4.39 Å². The normalized spacial score (nSPS) is 11.1. The average Bonchev–Trinajstić information content (AvgIpc) is 2.82. The van der Waals surface area contributed by atoms with Crippen LogP contribution in [0.1, 0.15) is 5.56 Å². The summed E-state index contributed by atoms with van der Waals surface area (Å²) in [6.45, 7) is 1.90. The summed E-state index contributed by atoms with van der Waals surface area (Å²) in [6.07, 6.45) is 0. The molecule has 16 heavy (non-hydrogen) atoms. The number of halogens is 1. The molecule has 2 aromatic heterocycles. The van der Waals surface area contributed by atoms with Gasteiger partial charge in [-0.25, -0.2) is 4.39 Å². The van der Waals surface area contributed by atoms with Gasteiger partial charge in [0.05, 0.1) is 16.1 Å². The Bertz CT molecular complexity index is 637. The van der Waals surface area contributed by atoms with Crippen molar-refractivity contribution in [2.45, 2.75) is 6.92 Å². The van der Waals surface area contributed by atoms with E-state index in [2.05, 4.69) is 4.98 Å². The number of hydrogen-bond donors (Lipinski definition) is 1. The molecule has 0 aliphatic rings. The molecule has 3 aromatic rings. The van der Waals surface area contributed by atoms with Crippen molar-refractivity contribution >= 4 is 22.2 Å². The molecule has 0 spiro atoms. The maximum absolute atomic E-state index is 13.7. The Labute approximate surface area is 96.6 Å². The predicted molar refractivity (Wildman–Crippen MR) is 66.3 cm³/mol. The van der Waals surface area contributed by atoms with Crippen LogP contribution in [0, 0.1) is 12.7 Å². The number of thiophene rings is 1. The summed E-state index contributed by atoms with van der Waals surface area (Å²) in [5.41, 5.74) is 2.52. The average molecular weight is 231 g/mol. The van der Waals surface area contributed by atoms with Crippen LogP contribution < -0.4 is 0 Å². The number of nitrogens with one attached hydrogen (secondary N) is 1. The Kier molecular flexibility index (Phi) is 2.07. The minimum Gasteiger partial charge on any atom is -0.351 e. The standard InChI is InChI=1S/C13H10FNS/c1-8-5-9-7-11(12-3-2-4-16-12)15-13(9)10(14)6-8/h2-7,15H,1H3. The van der Waals surface area contributed by atoms with Crippen molar-refractivity contribution in [1.82, 2.24) is 4.98 Å². The maximum Gasteiger partial charge on any atom is 0.147 e. The van der Waals surface area contributed by atoms with Gasteiger partial charge in [0.25, 0.3) is 0 Å². The lowest BCUT2D eigenvalue weighted by molar-refractivity contribution is 0.636. The second kappa shape index (κ2) is 3.46. The smallest absolute Gasteiger partial charge is 0.147 e. The lowest BCUT2D eigenvalue weighted by Crippen LogP contribution is -1.80. The number of rotatable bonds is 1. The highest BCUT2D eigenvalue weighted by Crippen LogP contribution is 2.29. The van der Waals surface area contributed by atoms with E-state index in [0.29, 0.717) is 5.52 Å². The molecular formula is C13H10FNS. The third-order valence-electron chi connectivity index (χ3n) is 2.61. The molecule has 0 amide bonds. The van der Waals surface area contributed by atoms with E-state index in [1.165, 1.54) is 0 Å². The topological polar surface area (TPSA) is 15.8 Å². The molecule has 0 fully saturated rings. The summed E-state index contributed by atoms with van der Waals surface area (Å²) < 4.78 is 13.7. The molecule has 0 radical (unpaired) electrons. The van der Waals surface area contributed by atoms with Crippen molar-refractivity contribution in [3.63, 3.8) is 0 Å². The minimum absolute atomic E-state index is 0.183. The Morgan fingerprint density at radius 3 is 2.88 bits per heavy atom. The van der Waals surface area contributed by atoms with Gasteiger partial charge in [-0.1, -0.05) is 6.07 Å². The van der Waals surface area contributed by atoms with E-state index in [1.54, 1.807) is 17.4 Å². The summed E-state index contributed by atoms with van der Waals surface area (Å²) >= 11 is 1.65. The molecule has 0 saturated carbocycles. The van der Waals surface area contributed by atoms with Crippen molar-refractivity contribution in [3.05, 3.63) is 47.1 Å². The van der Waals surface area contributed by atoms with Crippen LogP contribution in [0.15, 0.2) is 35.7 Å². The summed E-state index contributed by atoms with van der Waals surface area (Å²) in [5.74, 6) is -0.183. The largest absolute Gasteiger partial charge is 0.351 e. The fourth-order valence-corrected chi connectivity index (χ4v) is 2.60. The zero-order valence-electron chi connectivity index (χ0n) is 8.75. The number of hydrogen-bond acceptors (Lipinski definition) is 1. The second-order valence-electron chi connectivity index (χ2n) is 3.87. The Morgan fingerprint density at radius 1 is 1.25 bits per heavy atom. The van der Waals surface area contributed by atoms with Gasteiger partial charge in [0.1, 0.15) is 5.82 Å². The van der Waals surface area contributed by atoms with Crippen LogP contribution in [0.4, 0.5) is 4.39 Å². The lowest BCUT2D eigenvalue weighted by Gasteiger charge is -1.94. The van der Waals surface area contributed by atoms with Gasteiger partial charge in [0.2, 0.25) is 0 Å². The van der Waals surface area contributed by atoms with Gasteiger partial charge in [-0.15, -0.1) is 11.3 Å². The number of aromatic nitrogens is 1. The third-order valence-corrected chi connectivity index (χ3v) is 3.51. The van der Waals surface area contributed by atoms with E-state index >= 15 is 0 Å². The van der Waals surface area contributed by atoms with E-state index in [-0.39, 0.29) is 5.82 Å². The van der Waals surface area contributed by atoms with Crippen molar-refractivity contribution in [2.75, 3.05) is 0 Å². The van der Waals surface area contributed by atoms with E-state index in [9.17, 15) is 4.39 Å². The van der Waals surface area contributed by atoms with E-state index in [1.807, 2.05) is 36.6 Å². The first-order valence-corrected chi connectivity index (χ1v) is 5.95. The molecule has 1 N–H and O–H groups in total. The van der Waals surface area contributed by atoms with Crippen LogP contribution >= 0.6 is 11.3 Å². The molecule has 1 nitrogen and oxygen atoms in total. The van der Waals surface area contributed by atoms with Crippen LogP contribution in [0.25, 0.3) is 21.5 Å². The molecule has 0 saturated heterocycles. The first kappa shape index (κ1) is 9.60. The second-order valence-corrected chi connectivity index (χ2v) is 4.82. The number of aryl methyl sites for hydroxylation is 1. The summed E-state index contributed by atoms with van der Waals surface area (Å²) in [4.78, 5) is 4.26. The number of benzene rings is 1. The van der Waals surface area contributed by atoms with Crippen LogP contribution in [0.5, 0.6) is 0 Å². The van der Waals surface area contributed by atoms with Gasteiger partial charge >= 0.3 is 0 Å². The molecule has 0 aliphatic heterocycles. The fraction of sp³-hybridized carbons (Fsp3) is 0.0769. The summed E-state index contributed by atoms with van der Waals surface area (Å²) in [7, 11) is 0. The van der Waals surface area contributed by atoms with Crippen molar-refractivity contribution in [1.29, 1.82) is 0 Å². The highest BCUT2D eigenvalue weighted by Gasteiger charge is 2.08. The van der Waals surface area contributed by atoms with Crippen LogP contribution in [0.2, 0.25) is 0 Å². The zero-order chi connectivity index (χ0) is 11.1. The summed E-state index contributed by atoms with van der Waals surface area (Å²) in [5, 5.41) is 2.95. The number of fused-ring (bicyclic) bond motifs is 1. The van der Waals surface area contributed by atoms with Gasteiger partial charge in [0.15, 0.2) is 0 Å². The lowest BCUT2D eigenvalue weighted by atomic mass is 10.1. The molecular weight excluding hydrogens is 221 g/mol. The van der Waals surface area contributed by atoms with E-state index in [4.69, 9.17) is 0 Å². The highest BCUT2D eigenvalue weighted by atomic mass is 32.1. The highest BCUT2D eigenvalue weighted by molar-refractivity contribution is 7.13. The summed E-state index contributed by atoms with van der Waals surface area (Å²) in [6, 6.07) is 9.56. The molecule has 0 unspecified atom stereocenters. The molecule has 3 heteroatoms. The maximum atomic E-state index is 13.7. The number of aromatic amines is 1. The molecule has 0 aliphatic carbocycles. The molecule has 0 atom stereocenters. The van der Waals surface area contributed by atoms with Crippen LogP contribution in [-0.4, -0.2) is 4.98 Å². The van der Waals surface area contributed by atoms with Gasteiger partial charge in [-0.3, -0.25) is 0 Å². The third kappa shape index (κ3) is 1.44. The Morgan fingerprint density at radius 2 is 2.12 bits per heavy atom. The molecule has 80 valence electrons. The van der Waals surface area contributed by atoms with Crippen molar-refractivity contribution in [2.24, 2.45) is 0 Å². The van der Waals surface area contributed by atoms with Gasteiger partial charge in [-0.2, -0.15) is 0 Å². The van der Waals surface area contributed by atoms with Gasteiger partial charge in [0, 0.05) is 5.39 Å². The fourth-order valence-electron chi connectivity index (χ4n) is 1.91. The molecule has 2 heterocycles. The Balaban J connectivity index is 2.27.